The van der Waals surface area contributed by atoms with E-state index < -0.39 is 23.6 Å². The van der Waals surface area contributed by atoms with Gasteiger partial charge in [0.25, 0.3) is 5.91 Å². The van der Waals surface area contributed by atoms with Crippen molar-refractivity contribution in [1.82, 2.24) is 10.6 Å². The van der Waals surface area contributed by atoms with Gasteiger partial charge in [-0.2, -0.15) is 0 Å². The van der Waals surface area contributed by atoms with E-state index in [2.05, 4.69) is 10.6 Å². The fourth-order valence-electron chi connectivity index (χ4n) is 1.83. The lowest BCUT2D eigenvalue weighted by molar-refractivity contribution is -0.164. The van der Waals surface area contributed by atoms with Gasteiger partial charge in [0.1, 0.15) is 11.7 Å². The second kappa shape index (κ2) is 6.67. The molecule has 1 aliphatic heterocycles. The van der Waals surface area contributed by atoms with Crippen molar-refractivity contribution >= 4 is 11.9 Å². The van der Waals surface area contributed by atoms with Gasteiger partial charge in [-0.25, -0.2) is 4.79 Å². The first-order chi connectivity index (χ1) is 8.53. The van der Waals surface area contributed by atoms with Gasteiger partial charge in [-0.05, 0) is 19.8 Å². The summed E-state index contributed by atoms with van der Waals surface area (Å²) in [6.07, 6.45) is 0.842. The summed E-state index contributed by atoms with van der Waals surface area (Å²) >= 11 is 0. The van der Waals surface area contributed by atoms with Gasteiger partial charge in [-0.15, -0.1) is 0 Å². The Kier molecular flexibility index (Phi) is 5.52. The smallest absolute Gasteiger partial charge is 0.321 e. The van der Waals surface area contributed by atoms with Crippen LogP contribution in [0.5, 0.6) is 0 Å². The predicted molar refractivity (Wildman–Crippen MR) is 65.0 cm³/mol. The van der Waals surface area contributed by atoms with Gasteiger partial charge in [-0.1, -0.05) is 0 Å². The lowest BCUT2D eigenvalue weighted by Gasteiger charge is -2.37. The molecular formula is C11H21N3O4. The van der Waals surface area contributed by atoms with Crippen molar-refractivity contribution in [2.24, 2.45) is 5.73 Å². The molecule has 18 heavy (non-hydrogen) atoms. The van der Waals surface area contributed by atoms with Crippen LogP contribution >= 0.6 is 0 Å². The fourth-order valence-corrected chi connectivity index (χ4v) is 1.83. The van der Waals surface area contributed by atoms with E-state index in [1.807, 2.05) is 0 Å². The Labute approximate surface area is 106 Å². The molecule has 3 amide bonds. The highest BCUT2D eigenvalue weighted by atomic mass is 16.6. The molecule has 0 aliphatic carbocycles. The number of amides is 3. The first kappa shape index (κ1) is 14.9. The Morgan fingerprint density at radius 3 is 2.78 bits per heavy atom. The molecule has 0 bridgehead atoms. The zero-order valence-electron chi connectivity index (χ0n) is 10.8. The maximum Gasteiger partial charge on any atom is 0.321 e. The fraction of sp³-hybridized carbons (Fsp3) is 0.818. The number of hydrogen-bond acceptors (Lipinski definition) is 5. The Morgan fingerprint density at radius 1 is 1.56 bits per heavy atom. The SMILES string of the molecule is CNC(=O)NC(=O)C(C)OC1(CN)CCCOC1. The van der Waals surface area contributed by atoms with Crippen LogP contribution in [0.1, 0.15) is 19.8 Å². The summed E-state index contributed by atoms with van der Waals surface area (Å²) in [5, 5.41) is 4.47. The minimum Gasteiger partial charge on any atom is -0.378 e. The van der Waals surface area contributed by atoms with Crippen LogP contribution in [-0.4, -0.2) is 50.4 Å². The van der Waals surface area contributed by atoms with Crippen LogP contribution < -0.4 is 16.4 Å². The Bertz CT molecular complexity index is 303. The number of imide groups is 1. The molecule has 4 N–H and O–H groups in total. The molecule has 0 aromatic rings. The number of rotatable bonds is 4. The van der Waals surface area contributed by atoms with E-state index in [1.54, 1.807) is 6.92 Å². The molecule has 0 spiro atoms. The third-order valence-electron chi connectivity index (χ3n) is 2.92. The van der Waals surface area contributed by atoms with Crippen molar-refractivity contribution in [1.29, 1.82) is 0 Å². The van der Waals surface area contributed by atoms with Crippen molar-refractivity contribution in [3.8, 4) is 0 Å². The highest BCUT2D eigenvalue weighted by molar-refractivity contribution is 5.96. The molecule has 1 heterocycles. The van der Waals surface area contributed by atoms with Gasteiger partial charge in [0.05, 0.1) is 6.61 Å². The first-order valence-electron chi connectivity index (χ1n) is 6.01. The predicted octanol–water partition coefficient (Wildman–Crippen LogP) is -0.645. The van der Waals surface area contributed by atoms with Crippen LogP contribution in [-0.2, 0) is 14.3 Å². The third-order valence-corrected chi connectivity index (χ3v) is 2.92. The maximum atomic E-state index is 11.7. The summed E-state index contributed by atoms with van der Waals surface area (Å²) in [6, 6.07) is -0.558. The second-order valence-corrected chi connectivity index (χ2v) is 4.37. The van der Waals surface area contributed by atoms with Crippen molar-refractivity contribution in [3.63, 3.8) is 0 Å². The van der Waals surface area contributed by atoms with Gasteiger partial charge >= 0.3 is 6.03 Å². The van der Waals surface area contributed by atoms with Crippen LogP contribution in [0.15, 0.2) is 0 Å². The molecule has 2 atom stereocenters. The van der Waals surface area contributed by atoms with Crippen LogP contribution in [0.3, 0.4) is 0 Å². The number of carbonyl (C=O) groups is 2. The summed E-state index contributed by atoms with van der Waals surface area (Å²) in [7, 11) is 1.44. The number of ether oxygens (including phenoxy) is 2. The molecule has 2 unspecified atom stereocenters. The molecule has 1 aliphatic rings. The lowest BCUT2D eigenvalue weighted by atomic mass is 9.96. The van der Waals surface area contributed by atoms with Crippen LogP contribution in [0, 0.1) is 0 Å². The average molecular weight is 259 g/mol. The highest BCUT2D eigenvalue weighted by Crippen LogP contribution is 2.24. The van der Waals surface area contributed by atoms with Crippen LogP contribution in [0.4, 0.5) is 4.79 Å². The molecule has 1 saturated heterocycles. The standard InChI is InChI=1S/C11H21N3O4/c1-8(9(15)14-10(16)13-2)18-11(6-12)4-3-5-17-7-11/h8H,3-7,12H2,1-2H3,(H2,13,14,15,16). The molecule has 0 aromatic carbocycles. The normalized spacial score (nSPS) is 25.3. The zero-order chi connectivity index (χ0) is 13.6. The van der Waals surface area contributed by atoms with Gasteiger partial charge < -0.3 is 20.5 Å². The average Bonchev–Trinajstić information content (AvgIpc) is 2.39. The molecule has 7 nitrogen and oxygen atoms in total. The van der Waals surface area contributed by atoms with E-state index >= 15 is 0 Å². The first-order valence-corrected chi connectivity index (χ1v) is 6.01. The van der Waals surface area contributed by atoms with E-state index in [0.717, 1.165) is 12.8 Å². The summed E-state index contributed by atoms with van der Waals surface area (Å²) in [6.45, 7) is 2.93. The molecule has 1 fully saturated rings. The minimum atomic E-state index is -0.757. The largest absolute Gasteiger partial charge is 0.378 e. The van der Waals surface area contributed by atoms with Gasteiger partial charge in [0.15, 0.2) is 0 Å². The van der Waals surface area contributed by atoms with Crippen molar-refractivity contribution in [3.05, 3.63) is 0 Å². The lowest BCUT2D eigenvalue weighted by Crippen LogP contribution is -2.53. The number of nitrogens with one attached hydrogen (secondary N) is 2. The third kappa shape index (κ3) is 3.94. The minimum absolute atomic E-state index is 0.282. The summed E-state index contributed by atoms with van der Waals surface area (Å²) in [5.74, 6) is -0.493. The molecule has 0 aromatic heterocycles. The number of hydrogen-bond donors (Lipinski definition) is 3. The van der Waals surface area contributed by atoms with Gasteiger partial charge in [-0.3, -0.25) is 10.1 Å². The Balaban J connectivity index is 2.53. The van der Waals surface area contributed by atoms with E-state index in [0.29, 0.717) is 13.2 Å². The van der Waals surface area contributed by atoms with E-state index in [4.69, 9.17) is 15.2 Å². The summed E-state index contributed by atoms with van der Waals surface area (Å²) < 4.78 is 11.0. The molecule has 7 heteroatoms. The molecule has 1 rings (SSSR count). The Hall–Kier alpha value is -1.18. The van der Waals surface area contributed by atoms with E-state index in [1.165, 1.54) is 7.05 Å². The van der Waals surface area contributed by atoms with Crippen LogP contribution in [0.2, 0.25) is 0 Å². The summed E-state index contributed by atoms with van der Waals surface area (Å²) in [4.78, 5) is 22.7. The molecular weight excluding hydrogens is 238 g/mol. The van der Waals surface area contributed by atoms with Crippen molar-refractivity contribution in [2.45, 2.75) is 31.5 Å². The zero-order valence-corrected chi connectivity index (χ0v) is 10.8. The highest BCUT2D eigenvalue weighted by Gasteiger charge is 2.36. The van der Waals surface area contributed by atoms with Crippen molar-refractivity contribution < 1.29 is 19.1 Å². The maximum absolute atomic E-state index is 11.7. The number of urea groups is 1. The van der Waals surface area contributed by atoms with Gasteiger partial charge in [0, 0.05) is 20.2 Å². The van der Waals surface area contributed by atoms with Crippen LogP contribution in [0.25, 0.3) is 0 Å². The summed E-state index contributed by atoms with van der Waals surface area (Å²) in [5.41, 5.74) is 5.07. The van der Waals surface area contributed by atoms with Gasteiger partial charge in [0.2, 0.25) is 0 Å². The van der Waals surface area contributed by atoms with E-state index in [-0.39, 0.29) is 6.54 Å². The molecule has 0 radical (unpaired) electrons. The quantitative estimate of drug-likeness (QED) is 0.623. The molecule has 104 valence electrons. The topological polar surface area (TPSA) is 103 Å². The monoisotopic (exact) mass is 259 g/mol. The number of carbonyl (C=O) groups excluding carboxylic acids is 2. The second-order valence-electron chi connectivity index (χ2n) is 4.37. The number of nitrogens with two attached hydrogens (primary N) is 1. The Morgan fingerprint density at radius 2 is 2.28 bits per heavy atom. The molecule has 0 saturated carbocycles. The van der Waals surface area contributed by atoms with Crippen molar-refractivity contribution in [2.75, 3.05) is 26.8 Å². The van der Waals surface area contributed by atoms with E-state index in [9.17, 15) is 9.59 Å².